The molecule has 14 heavy (non-hydrogen) atoms. The number of hydrogen-bond donors (Lipinski definition) is 0. The summed E-state index contributed by atoms with van der Waals surface area (Å²) in [5.74, 6) is 0.776. The lowest BCUT2D eigenvalue weighted by atomic mass is 9.99. The Kier molecular flexibility index (Phi) is 5.49. The van der Waals surface area contributed by atoms with Crippen molar-refractivity contribution < 1.29 is 4.74 Å². The first-order valence-electron chi connectivity index (χ1n) is 6.06. The molecule has 0 aromatic carbocycles. The molecule has 1 fully saturated rings. The van der Waals surface area contributed by atoms with Crippen molar-refractivity contribution in [2.45, 2.75) is 46.1 Å². The molecule has 2 heteroatoms. The van der Waals surface area contributed by atoms with E-state index in [0.29, 0.717) is 6.10 Å². The van der Waals surface area contributed by atoms with Gasteiger partial charge in [-0.15, -0.1) is 0 Å². The summed E-state index contributed by atoms with van der Waals surface area (Å²) in [6.45, 7) is 11.3. The average Bonchev–Trinajstić information content (AvgIpc) is 2.16. The fraction of sp³-hybridized carbons (Fsp3) is 1.00. The number of rotatable bonds is 5. The van der Waals surface area contributed by atoms with E-state index in [1.807, 2.05) is 0 Å². The molecule has 0 aromatic rings. The number of piperidine rings is 1. The Balaban J connectivity index is 2.18. The van der Waals surface area contributed by atoms with Gasteiger partial charge in [0.15, 0.2) is 0 Å². The molecule has 2 nitrogen and oxygen atoms in total. The van der Waals surface area contributed by atoms with E-state index in [2.05, 4.69) is 25.7 Å². The van der Waals surface area contributed by atoms with Gasteiger partial charge in [0.2, 0.25) is 0 Å². The van der Waals surface area contributed by atoms with Crippen molar-refractivity contribution in [1.29, 1.82) is 0 Å². The highest BCUT2D eigenvalue weighted by atomic mass is 16.5. The summed E-state index contributed by atoms with van der Waals surface area (Å²) >= 11 is 0. The molecule has 0 radical (unpaired) electrons. The van der Waals surface area contributed by atoms with Gasteiger partial charge in [-0.05, 0) is 52.1 Å². The van der Waals surface area contributed by atoms with Crippen LogP contribution in [-0.2, 0) is 4.74 Å². The summed E-state index contributed by atoms with van der Waals surface area (Å²) < 4.78 is 5.68. The van der Waals surface area contributed by atoms with E-state index >= 15 is 0 Å². The Morgan fingerprint density at radius 1 is 1.43 bits per heavy atom. The quantitative estimate of drug-likeness (QED) is 0.674. The van der Waals surface area contributed by atoms with Gasteiger partial charge >= 0.3 is 0 Å². The van der Waals surface area contributed by atoms with Crippen molar-refractivity contribution in [3.05, 3.63) is 0 Å². The first-order chi connectivity index (χ1) is 6.72. The zero-order valence-electron chi connectivity index (χ0n) is 9.96. The summed E-state index contributed by atoms with van der Waals surface area (Å²) in [5.41, 5.74) is 0. The van der Waals surface area contributed by atoms with Crippen molar-refractivity contribution in [2.24, 2.45) is 5.92 Å². The first-order valence-corrected chi connectivity index (χ1v) is 6.06. The Labute approximate surface area is 88.6 Å². The van der Waals surface area contributed by atoms with E-state index in [9.17, 15) is 0 Å². The molecule has 1 atom stereocenters. The predicted octanol–water partition coefficient (Wildman–Crippen LogP) is 2.53. The topological polar surface area (TPSA) is 12.5 Å². The maximum atomic E-state index is 5.68. The lowest BCUT2D eigenvalue weighted by molar-refractivity contribution is 0.0261. The van der Waals surface area contributed by atoms with Crippen LogP contribution in [-0.4, -0.2) is 37.2 Å². The van der Waals surface area contributed by atoms with Crippen LogP contribution in [0.1, 0.15) is 40.0 Å². The largest absolute Gasteiger partial charge is 0.378 e. The number of nitrogens with zero attached hydrogens (tertiary/aromatic N) is 1. The van der Waals surface area contributed by atoms with Crippen LogP contribution in [0.5, 0.6) is 0 Å². The molecule has 0 saturated carbocycles. The second kappa shape index (κ2) is 6.41. The molecule has 0 aromatic heterocycles. The monoisotopic (exact) mass is 199 g/mol. The van der Waals surface area contributed by atoms with E-state index in [0.717, 1.165) is 12.5 Å². The van der Waals surface area contributed by atoms with Crippen molar-refractivity contribution in [1.82, 2.24) is 4.90 Å². The van der Waals surface area contributed by atoms with Crippen LogP contribution in [0.4, 0.5) is 0 Å². The van der Waals surface area contributed by atoms with Crippen LogP contribution < -0.4 is 0 Å². The second-order valence-corrected chi connectivity index (χ2v) is 4.69. The fourth-order valence-corrected chi connectivity index (χ4v) is 2.14. The minimum atomic E-state index is 0.386. The normalized spacial score (nSPS) is 24.4. The Morgan fingerprint density at radius 2 is 2.21 bits per heavy atom. The van der Waals surface area contributed by atoms with Crippen LogP contribution in [0.2, 0.25) is 0 Å². The Morgan fingerprint density at radius 3 is 2.86 bits per heavy atom. The smallest absolute Gasteiger partial charge is 0.0519 e. The third-order valence-electron chi connectivity index (χ3n) is 2.81. The van der Waals surface area contributed by atoms with E-state index in [1.54, 1.807) is 0 Å². The molecule has 0 bridgehead atoms. The van der Waals surface area contributed by atoms with Gasteiger partial charge < -0.3 is 9.64 Å². The van der Waals surface area contributed by atoms with Crippen LogP contribution in [0.3, 0.4) is 0 Å². The molecule has 84 valence electrons. The molecule has 1 aliphatic rings. The van der Waals surface area contributed by atoms with E-state index in [4.69, 9.17) is 4.74 Å². The minimum Gasteiger partial charge on any atom is -0.378 e. The van der Waals surface area contributed by atoms with Crippen molar-refractivity contribution in [3.8, 4) is 0 Å². The molecule has 1 rings (SSSR count). The van der Waals surface area contributed by atoms with Crippen LogP contribution in [0.25, 0.3) is 0 Å². The first kappa shape index (κ1) is 12.0. The van der Waals surface area contributed by atoms with Crippen molar-refractivity contribution in [2.75, 3.05) is 26.2 Å². The highest BCUT2D eigenvalue weighted by Gasteiger charge is 2.19. The maximum absolute atomic E-state index is 5.68. The van der Waals surface area contributed by atoms with Gasteiger partial charge in [-0.1, -0.05) is 6.92 Å². The van der Waals surface area contributed by atoms with Crippen molar-refractivity contribution >= 4 is 0 Å². The van der Waals surface area contributed by atoms with Gasteiger partial charge in [-0.25, -0.2) is 0 Å². The summed E-state index contributed by atoms with van der Waals surface area (Å²) in [4.78, 5) is 2.58. The Hall–Kier alpha value is -0.0800. The highest BCUT2D eigenvalue weighted by Crippen LogP contribution is 2.17. The predicted molar refractivity (Wildman–Crippen MR) is 60.5 cm³/mol. The van der Waals surface area contributed by atoms with Gasteiger partial charge in [0.05, 0.1) is 12.7 Å². The molecule has 0 N–H and O–H groups in total. The lowest BCUT2D eigenvalue weighted by Crippen LogP contribution is -2.37. The summed E-state index contributed by atoms with van der Waals surface area (Å²) in [5, 5.41) is 0. The number of ether oxygens (including phenoxy) is 1. The molecular weight excluding hydrogens is 174 g/mol. The highest BCUT2D eigenvalue weighted by molar-refractivity contribution is 4.72. The van der Waals surface area contributed by atoms with Crippen molar-refractivity contribution in [3.63, 3.8) is 0 Å². The van der Waals surface area contributed by atoms with Gasteiger partial charge in [0, 0.05) is 6.54 Å². The number of likely N-dealkylation sites (tertiary alicyclic amines) is 1. The molecular formula is C12H25NO. The molecule has 1 unspecified atom stereocenters. The van der Waals surface area contributed by atoms with E-state index in [1.165, 1.54) is 38.9 Å². The summed E-state index contributed by atoms with van der Waals surface area (Å²) in [6.07, 6.45) is 4.37. The number of hydrogen-bond acceptors (Lipinski definition) is 2. The van der Waals surface area contributed by atoms with Crippen LogP contribution in [0, 0.1) is 5.92 Å². The van der Waals surface area contributed by atoms with Gasteiger partial charge in [0.1, 0.15) is 0 Å². The SMILES string of the molecule is CCCN1CCCC(COC(C)C)C1. The third-order valence-corrected chi connectivity index (χ3v) is 2.81. The molecule has 1 heterocycles. The minimum absolute atomic E-state index is 0.386. The van der Waals surface area contributed by atoms with Gasteiger partial charge in [-0.2, -0.15) is 0 Å². The average molecular weight is 199 g/mol. The standard InChI is InChI=1S/C12H25NO/c1-4-7-13-8-5-6-12(9-13)10-14-11(2)3/h11-12H,4-10H2,1-3H3. The third kappa shape index (κ3) is 4.43. The second-order valence-electron chi connectivity index (χ2n) is 4.69. The lowest BCUT2D eigenvalue weighted by Gasteiger charge is -2.32. The molecule has 1 saturated heterocycles. The van der Waals surface area contributed by atoms with E-state index in [-0.39, 0.29) is 0 Å². The molecule has 0 spiro atoms. The summed E-state index contributed by atoms with van der Waals surface area (Å²) in [6, 6.07) is 0. The van der Waals surface area contributed by atoms with Crippen LogP contribution >= 0.6 is 0 Å². The fourth-order valence-electron chi connectivity index (χ4n) is 2.14. The molecule has 0 amide bonds. The van der Waals surface area contributed by atoms with Gasteiger partial charge in [-0.3, -0.25) is 0 Å². The summed E-state index contributed by atoms with van der Waals surface area (Å²) in [7, 11) is 0. The molecule has 0 aliphatic carbocycles. The zero-order valence-corrected chi connectivity index (χ0v) is 9.96. The van der Waals surface area contributed by atoms with Crippen LogP contribution in [0.15, 0.2) is 0 Å². The zero-order chi connectivity index (χ0) is 10.4. The maximum Gasteiger partial charge on any atom is 0.0519 e. The Bertz CT molecular complexity index is 145. The van der Waals surface area contributed by atoms with E-state index < -0.39 is 0 Å². The van der Waals surface area contributed by atoms with Gasteiger partial charge in [0.25, 0.3) is 0 Å². The molecule has 1 aliphatic heterocycles.